The van der Waals surface area contributed by atoms with Gasteiger partial charge in [-0.2, -0.15) is 0 Å². The highest BCUT2D eigenvalue weighted by atomic mass is 16.5. The summed E-state index contributed by atoms with van der Waals surface area (Å²) >= 11 is 0. The first-order chi connectivity index (χ1) is 9.24. The molecule has 0 unspecified atom stereocenters. The zero-order valence-electron chi connectivity index (χ0n) is 10.7. The van der Waals surface area contributed by atoms with Crippen molar-refractivity contribution in [1.29, 1.82) is 0 Å². The Balaban J connectivity index is 1.66. The van der Waals surface area contributed by atoms with Gasteiger partial charge in [0.1, 0.15) is 0 Å². The molecule has 5 heteroatoms. The molecule has 0 atom stereocenters. The van der Waals surface area contributed by atoms with Crippen molar-refractivity contribution in [3.05, 3.63) is 47.3 Å². The fraction of sp³-hybridized carbons (Fsp3) is 0.286. The summed E-state index contributed by atoms with van der Waals surface area (Å²) in [6, 6.07) is 9.70. The van der Waals surface area contributed by atoms with Crippen LogP contribution in [0.1, 0.15) is 17.0 Å². The number of anilines is 1. The maximum Gasteiger partial charge on any atom is 0.322 e. The number of hydrogen-bond donors (Lipinski definition) is 1. The molecule has 0 bridgehead atoms. The van der Waals surface area contributed by atoms with Crippen LogP contribution in [-0.2, 0) is 13.0 Å². The van der Waals surface area contributed by atoms with Crippen molar-refractivity contribution < 1.29 is 9.32 Å². The number of amides is 2. The number of carbonyl (C=O) groups excluding carboxylic acids is 1. The summed E-state index contributed by atoms with van der Waals surface area (Å²) < 4.78 is 5.06. The molecule has 0 saturated carbocycles. The lowest BCUT2D eigenvalue weighted by Crippen LogP contribution is -2.38. The SMILES string of the molecule is Cc1cc(CNC(=O)N2CCc3ccccc32)on1. The first-order valence-corrected chi connectivity index (χ1v) is 6.29. The molecule has 1 aromatic heterocycles. The third-order valence-corrected chi connectivity index (χ3v) is 3.22. The molecule has 1 aromatic carbocycles. The van der Waals surface area contributed by atoms with Crippen LogP contribution in [0.3, 0.4) is 0 Å². The molecule has 0 radical (unpaired) electrons. The summed E-state index contributed by atoms with van der Waals surface area (Å²) in [7, 11) is 0. The molecule has 1 aliphatic heterocycles. The van der Waals surface area contributed by atoms with Crippen molar-refractivity contribution >= 4 is 11.7 Å². The van der Waals surface area contributed by atoms with Gasteiger partial charge < -0.3 is 9.84 Å². The Bertz CT molecular complexity index is 606. The van der Waals surface area contributed by atoms with E-state index >= 15 is 0 Å². The molecule has 1 aliphatic rings. The number of carbonyl (C=O) groups is 1. The van der Waals surface area contributed by atoms with Crippen LogP contribution in [-0.4, -0.2) is 17.7 Å². The van der Waals surface area contributed by atoms with Gasteiger partial charge in [-0.15, -0.1) is 0 Å². The zero-order valence-corrected chi connectivity index (χ0v) is 10.7. The van der Waals surface area contributed by atoms with Crippen LogP contribution in [0, 0.1) is 6.92 Å². The molecule has 98 valence electrons. The summed E-state index contributed by atoms with van der Waals surface area (Å²) in [6.45, 7) is 2.94. The minimum absolute atomic E-state index is 0.0981. The molecule has 3 rings (SSSR count). The summed E-state index contributed by atoms with van der Waals surface area (Å²) in [4.78, 5) is 13.9. The van der Waals surface area contributed by atoms with Gasteiger partial charge in [0.05, 0.1) is 12.2 Å². The van der Waals surface area contributed by atoms with Crippen LogP contribution in [0.5, 0.6) is 0 Å². The molecule has 2 aromatic rings. The van der Waals surface area contributed by atoms with Crippen LogP contribution in [0.25, 0.3) is 0 Å². The van der Waals surface area contributed by atoms with E-state index in [0.717, 1.165) is 24.3 Å². The quantitative estimate of drug-likeness (QED) is 0.897. The van der Waals surface area contributed by atoms with Crippen LogP contribution in [0.4, 0.5) is 10.5 Å². The molecule has 2 heterocycles. The lowest BCUT2D eigenvalue weighted by molar-refractivity contribution is 0.244. The Labute approximate surface area is 111 Å². The van der Waals surface area contributed by atoms with Crippen LogP contribution < -0.4 is 10.2 Å². The second kappa shape index (κ2) is 4.76. The second-order valence-electron chi connectivity index (χ2n) is 4.62. The highest BCUT2D eigenvalue weighted by Crippen LogP contribution is 2.27. The first-order valence-electron chi connectivity index (χ1n) is 6.29. The van der Waals surface area contributed by atoms with E-state index in [4.69, 9.17) is 4.52 Å². The van der Waals surface area contributed by atoms with Gasteiger partial charge in [0.2, 0.25) is 0 Å². The van der Waals surface area contributed by atoms with Gasteiger partial charge in [-0.1, -0.05) is 23.4 Å². The minimum atomic E-state index is -0.0981. The highest BCUT2D eigenvalue weighted by molar-refractivity contribution is 5.94. The van der Waals surface area contributed by atoms with E-state index in [0.29, 0.717) is 12.3 Å². The summed E-state index contributed by atoms with van der Waals surface area (Å²) in [5.41, 5.74) is 3.03. The molecule has 0 saturated heterocycles. The number of urea groups is 1. The van der Waals surface area contributed by atoms with Crippen molar-refractivity contribution in [1.82, 2.24) is 10.5 Å². The van der Waals surface area contributed by atoms with Gasteiger partial charge in [-0.05, 0) is 25.0 Å². The van der Waals surface area contributed by atoms with Gasteiger partial charge >= 0.3 is 6.03 Å². The van der Waals surface area contributed by atoms with Gasteiger partial charge in [0.25, 0.3) is 0 Å². The van der Waals surface area contributed by atoms with E-state index in [-0.39, 0.29) is 6.03 Å². The predicted molar refractivity (Wildman–Crippen MR) is 71.0 cm³/mol. The average molecular weight is 257 g/mol. The third kappa shape index (κ3) is 2.31. The maximum absolute atomic E-state index is 12.1. The van der Waals surface area contributed by atoms with Crippen molar-refractivity contribution in [3.8, 4) is 0 Å². The number of nitrogens with one attached hydrogen (secondary N) is 1. The number of hydrogen-bond acceptors (Lipinski definition) is 3. The fourth-order valence-electron chi connectivity index (χ4n) is 2.31. The van der Waals surface area contributed by atoms with Gasteiger partial charge in [-0.3, -0.25) is 4.90 Å². The number of aromatic nitrogens is 1. The molecule has 0 aliphatic carbocycles. The molecule has 1 N–H and O–H groups in total. The third-order valence-electron chi connectivity index (χ3n) is 3.22. The zero-order chi connectivity index (χ0) is 13.2. The maximum atomic E-state index is 12.1. The largest absolute Gasteiger partial charge is 0.359 e. The number of rotatable bonds is 2. The van der Waals surface area contributed by atoms with E-state index in [9.17, 15) is 4.79 Å². The van der Waals surface area contributed by atoms with Crippen molar-refractivity contribution in [2.75, 3.05) is 11.4 Å². The normalized spacial score (nSPS) is 13.4. The second-order valence-corrected chi connectivity index (χ2v) is 4.62. The molecule has 19 heavy (non-hydrogen) atoms. The van der Waals surface area contributed by atoms with Crippen molar-refractivity contribution in [2.45, 2.75) is 19.9 Å². The highest BCUT2D eigenvalue weighted by Gasteiger charge is 2.23. The molecular weight excluding hydrogens is 242 g/mol. The predicted octanol–water partition coefficient (Wildman–Crippen LogP) is 2.26. The molecule has 2 amide bonds. The van der Waals surface area contributed by atoms with Crippen molar-refractivity contribution in [3.63, 3.8) is 0 Å². The molecule has 5 nitrogen and oxygen atoms in total. The number of para-hydroxylation sites is 1. The first kappa shape index (κ1) is 11.8. The Morgan fingerprint density at radius 2 is 2.32 bits per heavy atom. The minimum Gasteiger partial charge on any atom is -0.359 e. The Morgan fingerprint density at radius 1 is 1.47 bits per heavy atom. The van der Waals surface area contributed by atoms with E-state index in [1.807, 2.05) is 31.2 Å². The van der Waals surface area contributed by atoms with Crippen LogP contribution in [0.15, 0.2) is 34.9 Å². The van der Waals surface area contributed by atoms with Gasteiger partial charge in [0, 0.05) is 18.3 Å². The van der Waals surface area contributed by atoms with Gasteiger partial charge in [0.15, 0.2) is 5.76 Å². The lowest BCUT2D eigenvalue weighted by atomic mass is 10.2. The van der Waals surface area contributed by atoms with Crippen LogP contribution >= 0.6 is 0 Å². The smallest absolute Gasteiger partial charge is 0.322 e. The average Bonchev–Trinajstić information content (AvgIpc) is 3.02. The number of fused-ring (bicyclic) bond motifs is 1. The fourth-order valence-corrected chi connectivity index (χ4v) is 2.31. The van der Waals surface area contributed by atoms with Crippen molar-refractivity contribution in [2.24, 2.45) is 0 Å². The van der Waals surface area contributed by atoms with E-state index in [2.05, 4.69) is 16.5 Å². The number of aryl methyl sites for hydroxylation is 1. The molecule has 0 fully saturated rings. The Kier molecular flexibility index (Phi) is 2.95. The van der Waals surface area contributed by atoms with E-state index in [1.165, 1.54) is 5.56 Å². The van der Waals surface area contributed by atoms with Crippen LogP contribution in [0.2, 0.25) is 0 Å². The number of nitrogens with zero attached hydrogens (tertiary/aromatic N) is 2. The molecular formula is C14H15N3O2. The Hall–Kier alpha value is -2.30. The monoisotopic (exact) mass is 257 g/mol. The van der Waals surface area contributed by atoms with Gasteiger partial charge in [-0.25, -0.2) is 4.79 Å². The topological polar surface area (TPSA) is 58.4 Å². The molecule has 0 spiro atoms. The summed E-state index contributed by atoms with van der Waals surface area (Å²) in [5.74, 6) is 0.665. The standard InChI is InChI=1S/C14H15N3O2/c1-10-8-12(19-16-10)9-15-14(18)17-7-6-11-4-2-3-5-13(11)17/h2-5,8H,6-7,9H2,1H3,(H,15,18). The lowest BCUT2D eigenvalue weighted by Gasteiger charge is -2.17. The Morgan fingerprint density at radius 3 is 3.11 bits per heavy atom. The summed E-state index contributed by atoms with van der Waals surface area (Å²) in [6.07, 6.45) is 0.908. The summed E-state index contributed by atoms with van der Waals surface area (Å²) in [5, 5.41) is 6.64. The van der Waals surface area contributed by atoms with E-state index < -0.39 is 0 Å². The number of benzene rings is 1. The van der Waals surface area contributed by atoms with E-state index in [1.54, 1.807) is 4.90 Å².